The third-order valence-electron chi connectivity index (χ3n) is 4.95. The second kappa shape index (κ2) is 7.87. The Kier molecular flexibility index (Phi) is 5.58. The van der Waals surface area contributed by atoms with Crippen molar-refractivity contribution < 1.29 is 14.3 Å². The van der Waals surface area contributed by atoms with Crippen molar-refractivity contribution in [1.82, 2.24) is 14.5 Å². The fourth-order valence-electron chi connectivity index (χ4n) is 3.44. The molecule has 1 aliphatic heterocycles. The van der Waals surface area contributed by atoms with E-state index in [-0.39, 0.29) is 5.91 Å². The van der Waals surface area contributed by atoms with E-state index in [9.17, 15) is 4.79 Å². The van der Waals surface area contributed by atoms with E-state index >= 15 is 0 Å². The first kappa shape index (κ1) is 17.7. The van der Waals surface area contributed by atoms with Crippen LogP contribution in [0.25, 0.3) is 10.9 Å². The quantitative estimate of drug-likeness (QED) is 0.690. The Bertz CT molecular complexity index is 754. The highest BCUT2D eigenvalue weighted by Gasteiger charge is 2.20. The van der Waals surface area contributed by atoms with E-state index in [0.29, 0.717) is 38.7 Å². The normalized spacial score (nSPS) is 14.7. The Morgan fingerprint density at radius 1 is 1.24 bits per heavy atom. The molecule has 0 bridgehead atoms. The second-order valence-electron chi connectivity index (χ2n) is 6.40. The van der Waals surface area contributed by atoms with Crippen LogP contribution in [0, 0.1) is 13.8 Å². The number of likely N-dealkylation sites (tertiary alicyclic amines) is 1. The van der Waals surface area contributed by atoms with Crippen LogP contribution in [0.4, 0.5) is 0 Å². The maximum Gasteiger partial charge on any atom is 0.238 e. The summed E-state index contributed by atoms with van der Waals surface area (Å²) in [5.41, 5.74) is 3.47. The smallest absolute Gasteiger partial charge is 0.238 e. The van der Waals surface area contributed by atoms with Crippen molar-refractivity contribution in [3.8, 4) is 5.88 Å². The molecule has 2 aromatic heterocycles. The lowest BCUT2D eigenvalue weighted by molar-refractivity contribution is -0.128. The summed E-state index contributed by atoms with van der Waals surface area (Å²) in [7, 11) is 0. The molecule has 0 saturated carbocycles. The zero-order valence-electron chi connectivity index (χ0n) is 15.4. The highest BCUT2D eigenvalue weighted by Crippen LogP contribution is 2.30. The average molecular weight is 345 g/mol. The molecule has 25 heavy (non-hydrogen) atoms. The Morgan fingerprint density at radius 3 is 2.80 bits per heavy atom. The summed E-state index contributed by atoms with van der Waals surface area (Å²) in [4.78, 5) is 18.0. The van der Waals surface area contributed by atoms with Gasteiger partial charge in [-0.25, -0.2) is 4.98 Å². The SMILES string of the molecule is CCOCCn1c(C)c(C)c2ccnc(OCCN3CCCC3=O)c21. The zero-order valence-corrected chi connectivity index (χ0v) is 15.4. The number of carbonyl (C=O) groups is 1. The third-order valence-corrected chi connectivity index (χ3v) is 4.95. The first-order valence-corrected chi connectivity index (χ1v) is 9.06. The van der Waals surface area contributed by atoms with E-state index < -0.39 is 0 Å². The van der Waals surface area contributed by atoms with Crippen LogP contribution in [0.1, 0.15) is 31.0 Å². The minimum atomic E-state index is 0.224. The molecule has 1 saturated heterocycles. The molecule has 6 nitrogen and oxygen atoms in total. The molecule has 6 heteroatoms. The minimum Gasteiger partial charge on any atom is -0.474 e. The van der Waals surface area contributed by atoms with Gasteiger partial charge in [0.1, 0.15) is 12.1 Å². The van der Waals surface area contributed by atoms with Gasteiger partial charge in [0.2, 0.25) is 11.8 Å². The van der Waals surface area contributed by atoms with Crippen molar-refractivity contribution in [3.63, 3.8) is 0 Å². The summed E-state index contributed by atoms with van der Waals surface area (Å²) in [6, 6.07) is 2.03. The molecular formula is C19H27N3O3. The minimum absolute atomic E-state index is 0.224. The van der Waals surface area contributed by atoms with E-state index in [1.165, 1.54) is 11.3 Å². The fourth-order valence-corrected chi connectivity index (χ4v) is 3.44. The van der Waals surface area contributed by atoms with Gasteiger partial charge in [-0.2, -0.15) is 0 Å². The van der Waals surface area contributed by atoms with Gasteiger partial charge < -0.3 is 18.9 Å². The number of rotatable bonds is 8. The number of pyridine rings is 1. The zero-order chi connectivity index (χ0) is 17.8. The maximum atomic E-state index is 11.7. The summed E-state index contributed by atoms with van der Waals surface area (Å²) >= 11 is 0. The molecule has 0 atom stereocenters. The monoisotopic (exact) mass is 345 g/mol. The van der Waals surface area contributed by atoms with Gasteiger partial charge >= 0.3 is 0 Å². The summed E-state index contributed by atoms with van der Waals surface area (Å²) in [5, 5.41) is 1.16. The molecule has 0 spiro atoms. The number of carbonyl (C=O) groups excluding carboxylic acids is 1. The van der Waals surface area contributed by atoms with Crippen molar-refractivity contribution in [2.45, 2.75) is 40.2 Å². The number of hydrogen-bond donors (Lipinski definition) is 0. The molecule has 3 rings (SSSR count). The lowest BCUT2D eigenvalue weighted by Gasteiger charge is -2.16. The molecule has 0 N–H and O–H groups in total. The highest BCUT2D eigenvalue weighted by molar-refractivity contribution is 5.88. The van der Waals surface area contributed by atoms with Crippen LogP contribution in [-0.4, -0.2) is 53.3 Å². The number of amides is 1. The van der Waals surface area contributed by atoms with E-state index in [4.69, 9.17) is 9.47 Å². The van der Waals surface area contributed by atoms with Gasteiger partial charge in [0.25, 0.3) is 0 Å². The summed E-state index contributed by atoms with van der Waals surface area (Å²) < 4.78 is 13.7. The molecule has 1 fully saturated rings. The van der Waals surface area contributed by atoms with Crippen LogP contribution in [0.5, 0.6) is 5.88 Å². The third kappa shape index (κ3) is 3.63. The Morgan fingerprint density at radius 2 is 2.08 bits per heavy atom. The number of fused-ring (bicyclic) bond motifs is 1. The molecule has 0 radical (unpaired) electrons. The van der Waals surface area contributed by atoms with E-state index in [1.54, 1.807) is 6.20 Å². The summed E-state index contributed by atoms with van der Waals surface area (Å²) in [6.07, 6.45) is 3.40. The van der Waals surface area contributed by atoms with Crippen molar-refractivity contribution >= 4 is 16.8 Å². The van der Waals surface area contributed by atoms with E-state index in [2.05, 4.69) is 23.4 Å². The van der Waals surface area contributed by atoms with Gasteiger partial charge in [-0.3, -0.25) is 4.79 Å². The molecule has 2 aromatic rings. The number of ether oxygens (including phenoxy) is 2. The van der Waals surface area contributed by atoms with Crippen molar-refractivity contribution in [2.75, 3.05) is 32.9 Å². The molecule has 1 aliphatic rings. The van der Waals surface area contributed by atoms with Crippen molar-refractivity contribution in [2.24, 2.45) is 0 Å². The van der Waals surface area contributed by atoms with Crippen LogP contribution >= 0.6 is 0 Å². The van der Waals surface area contributed by atoms with E-state index in [0.717, 1.165) is 30.4 Å². The molecule has 136 valence electrons. The highest BCUT2D eigenvalue weighted by atomic mass is 16.5. The number of aryl methyl sites for hydroxylation is 1. The molecule has 1 amide bonds. The molecule has 3 heterocycles. The average Bonchev–Trinajstić information content (AvgIpc) is 3.12. The number of hydrogen-bond acceptors (Lipinski definition) is 4. The standard InChI is InChI=1S/C19H27N3O3/c1-4-24-12-11-22-15(3)14(2)16-7-8-20-19(18(16)22)25-13-10-21-9-5-6-17(21)23/h7-8H,4-6,9-13H2,1-3H3. The second-order valence-corrected chi connectivity index (χ2v) is 6.40. The van der Waals surface area contributed by atoms with Crippen LogP contribution in [0.2, 0.25) is 0 Å². The molecular weight excluding hydrogens is 318 g/mol. The first-order valence-electron chi connectivity index (χ1n) is 9.06. The van der Waals surface area contributed by atoms with Crippen molar-refractivity contribution in [3.05, 3.63) is 23.5 Å². The van der Waals surface area contributed by atoms with Crippen LogP contribution < -0.4 is 4.74 Å². The largest absolute Gasteiger partial charge is 0.474 e. The Balaban J connectivity index is 1.79. The first-order chi connectivity index (χ1) is 12.1. The van der Waals surface area contributed by atoms with Gasteiger partial charge in [-0.1, -0.05) is 0 Å². The van der Waals surface area contributed by atoms with E-state index in [1.807, 2.05) is 17.9 Å². The lowest BCUT2D eigenvalue weighted by atomic mass is 10.2. The molecule has 0 aliphatic carbocycles. The Labute approximate surface area is 148 Å². The lowest BCUT2D eigenvalue weighted by Crippen LogP contribution is -2.29. The summed E-state index contributed by atoms with van der Waals surface area (Å²) in [5.74, 6) is 0.860. The molecule has 0 unspecified atom stereocenters. The van der Waals surface area contributed by atoms with Gasteiger partial charge in [-0.15, -0.1) is 0 Å². The van der Waals surface area contributed by atoms with Crippen molar-refractivity contribution in [1.29, 1.82) is 0 Å². The maximum absolute atomic E-state index is 11.7. The Hall–Kier alpha value is -2.08. The van der Waals surface area contributed by atoms with Crippen LogP contribution in [-0.2, 0) is 16.1 Å². The molecule has 0 aromatic carbocycles. The van der Waals surface area contributed by atoms with Gasteiger partial charge in [0, 0.05) is 43.4 Å². The van der Waals surface area contributed by atoms with Gasteiger partial charge in [0.05, 0.1) is 13.2 Å². The predicted octanol–water partition coefficient (Wildman–Crippen LogP) is 2.69. The predicted molar refractivity (Wildman–Crippen MR) is 97.0 cm³/mol. The number of nitrogens with zero attached hydrogens (tertiary/aromatic N) is 3. The van der Waals surface area contributed by atoms with Crippen LogP contribution in [0.15, 0.2) is 12.3 Å². The number of aromatic nitrogens is 2. The summed E-state index contributed by atoms with van der Waals surface area (Å²) in [6.45, 7) is 10.3. The van der Waals surface area contributed by atoms with Gasteiger partial charge in [0.15, 0.2) is 0 Å². The fraction of sp³-hybridized carbons (Fsp3) is 0.579. The topological polar surface area (TPSA) is 56.6 Å². The van der Waals surface area contributed by atoms with Gasteiger partial charge in [-0.05, 0) is 38.8 Å². The van der Waals surface area contributed by atoms with Crippen LogP contribution in [0.3, 0.4) is 0 Å².